The van der Waals surface area contributed by atoms with Gasteiger partial charge in [0.25, 0.3) is 5.91 Å². The summed E-state index contributed by atoms with van der Waals surface area (Å²) in [7, 11) is 0. The lowest BCUT2D eigenvalue weighted by Gasteiger charge is -2.23. The van der Waals surface area contributed by atoms with Gasteiger partial charge in [-0.25, -0.2) is 4.98 Å². The summed E-state index contributed by atoms with van der Waals surface area (Å²) in [6.45, 7) is 1.80. The van der Waals surface area contributed by atoms with E-state index in [0.717, 1.165) is 12.1 Å². The van der Waals surface area contributed by atoms with Gasteiger partial charge in [-0.1, -0.05) is 0 Å². The van der Waals surface area contributed by atoms with Gasteiger partial charge in [0.15, 0.2) is 5.58 Å². The lowest BCUT2D eigenvalue weighted by molar-refractivity contribution is -0.137. The highest BCUT2D eigenvalue weighted by molar-refractivity contribution is 5.97. The van der Waals surface area contributed by atoms with Crippen molar-refractivity contribution in [2.24, 2.45) is 0 Å². The maximum atomic E-state index is 12.7. The number of hydrogen-bond acceptors (Lipinski definition) is 5. The average Bonchev–Trinajstić information content (AvgIpc) is 3.15. The topological polar surface area (TPSA) is 73.6 Å². The van der Waals surface area contributed by atoms with Gasteiger partial charge >= 0.3 is 6.18 Å². The smallest absolute Gasteiger partial charge is 0.416 e. The van der Waals surface area contributed by atoms with E-state index < -0.39 is 11.7 Å². The Kier molecular flexibility index (Phi) is 5.25. The van der Waals surface area contributed by atoms with Crippen LogP contribution in [-0.4, -0.2) is 43.4 Å². The summed E-state index contributed by atoms with van der Waals surface area (Å²) in [6.07, 6.45) is -4.59. The van der Waals surface area contributed by atoms with E-state index in [1.54, 1.807) is 18.2 Å². The molecule has 0 spiro atoms. The summed E-state index contributed by atoms with van der Waals surface area (Å²) >= 11 is 0. The molecule has 1 aliphatic rings. The number of benzene rings is 2. The monoisotopic (exact) mass is 406 g/mol. The Bertz CT molecular complexity index is 1010. The Morgan fingerprint density at radius 2 is 1.93 bits per heavy atom. The van der Waals surface area contributed by atoms with Gasteiger partial charge in [0, 0.05) is 17.7 Å². The third-order valence-corrected chi connectivity index (χ3v) is 4.48. The van der Waals surface area contributed by atoms with Crippen molar-refractivity contribution >= 4 is 17.0 Å². The minimum absolute atomic E-state index is 0.180. The third-order valence-electron chi connectivity index (χ3n) is 4.48. The molecule has 0 radical (unpaired) electrons. The van der Waals surface area contributed by atoms with Gasteiger partial charge < -0.3 is 19.2 Å². The predicted octanol–water partition coefficient (Wildman–Crippen LogP) is 3.66. The van der Waals surface area contributed by atoms with E-state index in [0.29, 0.717) is 48.6 Å². The zero-order valence-corrected chi connectivity index (χ0v) is 15.2. The summed E-state index contributed by atoms with van der Waals surface area (Å²) in [6, 6.07) is 9.31. The summed E-state index contributed by atoms with van der Waals surface area (Å²) in [5.74, 6) is -0.112. The van der Waals surface area contributed by atoms with Gasteiger partial charge in [0.2, 0.25) is 5.89 Å². The standard InChI is InChI=1S/C20H17F3N2O4/c21-20(22,23)14-4-1-12(2-5-14)19-25-16-9-13(3-6-17(16)29-19)18(26)24-10-15-11-27-7-8-28-15/h1-6,9,15H,7-8,10-11H2,(H,24,26). The van der Waals surface area contributed by atoms with Crippen molar-refractivity contribution in [1.82, 2.24) is 10.3 Å². The zero-order valence-electron chi connectivity index (χ0n) is 15.2. The van der Waals surface area contributed by atoms with Gasteiger partial charge in [-0.2, -0.15) is 13.2 Å². The molecule has 4 rings (SSSR count). The number of nitrogens with one attached hydrogen (secondary N) is 1. The molecular formula is C20H17F3N2O4. The lowest BCUT2D eigenvalue weighted by Crippen LogP contribution is -2.39. The Morgan fingerprint density at radius 1 is 1.14 bits per heavy atom. The number of aromatic nitrogens is 1. The van der Waals surface area contributed by atoms with Gasteiger partial charge in [-0.05, 0) is 42.5 Å². The fraction of sp³-hybridized carbons (Fsp3) is 0.300. The van der Waals surface area contributed by atoms with Crippen LogP contribution in [0.2, 0.25) is 0 Å². The molecule has 2 aromatic carbocycles. The van der Waals surface area contributed by atoms with E-state index in [2.05, 4.69) is 10.3 Å². The summed E-state index contributed by atoms with van der Waals surface area (Å²) in [4.78, 5) is 16.7. The first-order chi connectivity index (χ1) is 13.9. The van der Waals surface area contributed by atoms with Crippen LogP contribution in [0.3, 0.4) is 0 Å². The van der Waals surface area contributed by atoms with E-state index in [9.17, 15) is 18.0 Å². The van der Waals surface area contributed by atoms with E-state index in [-0.39, 0.29) is 17.9 Å². The molecule has 1 aromatic heterocycles. The minimum Gasteiger partial charge on any atom is -0.436 e. The molecule has 3 aromatic rings. The maximum Gasteiger partial charge on any atom is 0.416 e. The minimum atomic E-state index is -4.41. The van der Waals surface area contributed by atoms with E-state index in [4.69, 9.17) is 13.9 Å². The SMILES string of the molecule is O=C(NCC1COCCO1)c1ccc2oc(-c3ccc(C(F)(F)F)cc3)nc2c1. The van der Waals surface area contributed by atoms with Crippen molar-refractivity contribution in [2.45, 2.75) is 12.3 Å². The highest BCUT2D eigenvalue weighted by atomic mass is 19.4. The molecule has 29 heavy (non-hydrogen) atoms. The zero-order chi connectivity index (χ0) is 20.4. The summed E-state index contributed by atoms with van der Waals surface area (Å²) in [5.41, 5.74) is 0.921. The highest BCUT2D eigenvalue weighted by Crippen LogP contribution is 2.31. The van der Waals surface area contributed by atoms with Crippen LogP contribution in [0.4, 0.5) is 13.2 Å². The maximum absolute atomic E-state index is 12.7. The molecule has 0 saturated carbocycles. The molecule has 1 unspecified atom stereocenters. The lowest BCUT2D eigenvalue weighted by atomic mass is 10.1. The van der Waals surface area contributed by atoms with Crippen molar-refractivity contribution in [1.29, 1.82) is 0 Å². The molecule has 1 fully saturated rings. The summed E-state index contributed by atoms with van der Waals surface area (Å²) in [5, 5.41) is 2.78. The first kappa shape index (κ1) is 19.4. The molecule has 0 aliphatic carbocycles. The summed E-state index contributed by atoms with van der Waals surface area (Å²) < 4.78 is 54.5. The second-order valence-corrected chi connectivity index (χ2v) is 6.55. The van der Waals surface area contributed by atoms with Crippen LogP contribution in [0.15, 0.2) is 46.9 Å². The van der Waals surface area contributed by atoms with Gasteiger partial charge in [-0.3, -0.25) is 4.79 Å². The normalized spacial score (nSPS) is 17.4. The number of fused-ring (bicyclic) bond motifs is 1. The molecular weight excluding hydrogens is 389 g/mol. The number of ether oxygens (including phenoxy) is 2. The van der Waals surface area contributed by atoms with E-state index in [1.807, 2.05) is 0 Å². The second kappa shape index (κ2) is 7.84. The van der Waals surface area contributed by atoms with Gasteiger partial charge in [0.1, 0.15) is 5.52 Å². The fourth-order valence-corrected chi connectivity index (χ4v) is 2.96. The fourth-order valence-electron chi connectivity index (χ4n) is 2.96. The van der Waals surface area contributed by atoms with E-state index in [1.165, 1.54) is 12.1 Å². The number of rotatable bonds is 4. The molecule has 1 atom stereocenters. The van der Waals surface area contributed by atoms with Crippen LogP contribution in [0, 0.1) is 0 Å². The van der Waals surface area contributed by atoms with Crippen LogP contribution in [0.1, 0.15) is 15.9 Å². The van der Waals surface area contributed by atoms with E-state index >= 15 is 0 Å². The van der Waals surface area contributed by atoms with Crippen LogP contribution in [0.25, 0.3) is 22.6 Å². The van der Waals surface area contributed by atoms with Crippen LogP contribution in [-0.2, 0) is 15.7 Å². The average molecular weight is 406 g/mol. The second-order valence-electron chi connectivity index (χ2n) is 6.55. The molecule has 6 nitrogen and oxygen atoms in total. The van der Waals surface area contributed by atoms with Gasteiger partial charge in [-0.15, -0.1) is 0 Å². The number of oxazole rings is 1. The number of carbonyl (C=O) groups excluding carboxylic acids is 1. The molecule has 152 valence electrons. The largest absolute Gasteiger partial charge is 0.436 e. The molecule has 1 aliphatic heterocycles. The first-order valence-electron chi connectivity index (χ1n) is 8.96. The Labute approximate surface area is 163 Å². The van der Waals surface area contributed by atoms with Gasteiger partial charge in [0.05, 0.1) is 31.5 Å². The van der Waals surface area contributed by atoms with Crippen molar-refractivity contribution in [3.63, 3.8) is 0 Å². The Hall–Kier alpha value is -2.91. The van der Waals surface area contributed by atoms with Crippen LogP contribution in [0.5, 0.6) is 0 Å². The van der Waals surface area contributed by atoms with Crippen LogP contribution < -0.4 is 5.32 Å². The number of carbonyl (C=O) groups is 1. The Morgan fingerprint density at radius 3 is 2.62 bits per heavy atom. The number of amides is 1. The third kappa shape index (κ3) is 4.41. The molecule has 1 amide bonds. The highest BCUT2D eigenvalue weighted by Gasteiger charge is 2.30. The molecule has 0 bridgehead atoms. The van der Waals surface area contributed by atoms with Crippen molar-refractivity contribution in [3.05, 3.63) is 53.6 Å². The molecule has 2 heterocycles. The number of hydrogen-bond donors (Lipinski definition) is 1. The molecule has 9 heteroatoms. The van der Waals surface area contributed by atoms with Crippen LogP contribution >= 0.6 is 0 Å². The van der Waals surface area contributed by atoms with Crippen molar-refractivity contribution in [3.8, 4) is 11.5 Å². The molecule has 1 N–H and O–H groups in total. The Balaban J connectivity index is 1.49. The predicted molar refractivity (Wildman–Crippen MR) is 97.3 cm³/mol. The van der Waals surface area contributed by atoms with Crippen molar-refractivity contribution in [2.75, 3.05) is 26.4 Å². The number of halogens is 3. The number of alkyl halides is 3. The first-order valence-corrected chi connectivity index (χ1v) is 8.96. The number of nitrogens with zero attached hydrogens (tertiary/aromatic N) is 1. The van der Waals surface area contributed by atoms with Crippen molar-refractivity contribution < 1.29 is 31.9 Å². The molecule has 1 saturated heterocycles. The quantitative estimate of drug-likeness (QED) is 0.716.